The number of aryl methyl sites for hydroxylation is 1. The highest BCUT2D eigenvalue weighted by Gasteiger charge is 2.36. The van der Waals surface area contributed by atoms with Gasteiger partial charge in [-0.05, 0) is 91.6 Å². The quantitative estimate of drug-likeness (QED) is 0.300. The van der Waals surface area contributed by atoms with Crippen LogP contribution in [-0.2, 0) is 12.5 Å². The molecule has 0 atom stereocenters. The Labute approximate surface area is 199 Å². The number of hydrogen-bond donors (Lipinski definition) is 0. The maximum Gasteiger partial charge on any atom is 0.426 e. The summed E-state index contributed by atoms with van der Waals surface area (Å²) in [5.74, 6) is 0.124. The van der Waals surface area contributed by atoms with Crippen molar-refractivity contribution in [1.82, 2.24) is 0 Å². The monoisotopic (exact) mass is 474 g/mol. The summed E-state index contributed by atoms with van der Waals surface area (Å²) in [7, 11) is 0. The summed E-state index contributed by atoms with van der Waals surface area (Å²) >= 11 is 1.32. The molecular weight excluding hydrogens is 441 g/mol. The molecule has 4 rings (SSSR count). The van der Waals surface area contributed by atoms with E-state index in [9.17, 15) is 13.2 Å². The first-order chi connectivity index (χ1) is 15.9. The number of thiophene rings is 1. The van der Waals surface area contributed by atoms with Crippen molar-refractivity contribution < 1.29 is 17.9 Å². The van der Waals surface area contributed by atoms with Crippen LogP contribution in [0.25, 0.3) is 10.1 Å². The van der Waals surface area contributed by atoms with Gasteiger partial charge in [0.2, 0.25) is 0 Å². The summed E-state index contributed by atoms with van der Waals surface area (Å²) in [6, 6.07) is 11.3. The Morgan fingerprint density at radius 3 is 2.36 bits per heavy atom. The Balaban J connectivity index is 1.46. The van der Waals surface area contributed by atoms with Gasteiger partial charge in [0.15, 0.2) is 11.6 Å². The first-order valence-electron chi connectivity index (χ1n) is 12.3. The number of fused-ring (bicyclic) bond motifs is 1. The summed E-state index contributed by atoms with van der Waals surface area (Å²) in [5.41, 5.74) is 0.857. The number of ether oxygens (including phenoxy) is 1. The molecule has 3 aromatic rings. The van der Waals surface area contributed by atoms with Crippen molar-refractivity contribution in [2.24, 2.45) is 5.92 Å². The predicted octanol–water partition coefficient (Wildman–Crippen LogP) is 9.59. The molecular formula is C28H33F3OS. The highest BCUT2D eigenvalue weighted by atomic mass is 32.1. The summed E-state index contributed by atoms with van der Waals surface area (Å²) in [5, 5.41) is 0.734. The van der Waals surface area contributed by atoms with Gasteiger partial charge in [0.25, 0.3) is 0 Å². The minimum absolute atomic E-state index is 0.250. The van der Waals surface area contributed by atoms with E-state index in [1.54, 1.807) is 18.2 Å². The van der Waals surface area contributed by atoms with E-state index in [2.05, 4.69) is 13.8 Å². The molecule has 2 aromatic carbocycles. The average molecular weight is 475 g/mol. The van der Waals surface area contributed by atoms with E-state index < -0.39 is 17.7 Å². The summed E-state index contributed by atoms with van der Waals surface area (Å²) in [6.07, 6.45) is 6.49. The average Bonchev–Trinajstić information content (AvgIpc) is 3.24. The molecule has 1 aromatic heterocycles. The number of alkyl halides is 2. The number of unbranched alkanes of at least 4 members (excludes halogenated alkanes) is 1. The minimum atomic E-state index is -3.60. The molecule has 1 heterocycles. The van der Waals surface area contributed by atoms with E-state index in [1.165, 1.54) is 55.2 Å². The second kappa shape index (κ2) is 10.5. The Hall–Kier alpha value is -2.01. The van der Waals surface area contributed by atoms with Crippen LogP contribution in [0.1, 0.15) is 87.1 Å². The molecule has 0 unspecified atom stereocenters. The molecule has 0 amide bonds. The van der Waals surface area contributed by atoms with Crippen molar-refractivity contribution in [1.29, 1.82) is 0 Å². The molecule has 178 valence electrons. The summed E-state index contributed by atoms with van der Waals surface area (Å²) in [4.78, 5) is 1.06. The van der Waals surface area contributed by atoms with Crippen LogP contribution >= 0.6 is 11.3 Å². The number of hydrogen-bond acceptors (Lipinski definition) is 2. The third kappa shape index (κ3) is 5.56. The lowest BCUT2D eigenvalue weighted by molar-refractivity contribution is -0.186. The van der Waals surface area contributed by atoms with Crippen molar-refractivity contribution >= 4 is 21.4 Å². The van der Waals surface area contributed by atoms with Crippen LogP contribution in [0.4, 0.5) is 13.2 Å². The van der Waals surface area contributed by atoms with Gasteiger partial charge in [0.1, 0.15) is 0 Å². The second-order valence-corrected chi connectivity index (χ2v) is 10.5. The fourth-order valence-corrected chi connectivity index (χ4v) is 6.13. The third-order valence-electron chi connectivity index (χ3n) is 6.92. The lowest BCUT2D eigenvalue weighted by Gasteiger charge is -2.29. The first kappa shape index (κ1) is 24.1. The lowest BCUT2D eigenvalue weighted by Crippen LogP contribution is -2.22. The SMILES string of the molecule is CCCCc1cc2ccc(OC(F)(F)c3ccc(C4CCC(CCC)CC4)cc3)c(F)c2s1. The van der Waals surface area contributed by atoms with Crippen LogP contribution in [0, 0.1) is 11.7 Å². The van der Waals surface area contributed by atoms with Gasteiger partial charge < -0.3 is 4.74 Å². The van der Waals surface area contributed by atoms with Crippen LogP contribution in [0.2, 0.25) is 0 Å². The Morgan fingerprint density at radius 2 is 1.70 bits per heavy atom. The Kier molecular flexibility index (Phi) is 7.68. The van der Waals surface area contributed by atoms with Gasteiger partial charge in [-0.1, -0.05) is 45.2 Å². The third-order valence-corrected chi connectivity index (χ3v) is 8.12. The van der Waals surface area contributed by atoms with Crippen molar-refractivity contribution in [3.05, 3.63) is 64.3 Å². The molecule has 0 N–H and O–H groups in total. The van der Waals surface area contributed by atoms with Gasteiger partial charge in [0.05, 0.1) is 10.3 Å². The molecule has 1 aliphatic carbocycles. The molecule has 0 spiro atoms. The van der Waals surface area contributed by atoms with Crippen molar-refractivity contribution in [3.63, 3.8) is 0 Å². The first-order valence-corrected chi connectivity index (χ1v) is 13.1. The van der Waals surface area contributed by atoms with E-state index >= 15 is 0 Å². The zero-order chi connectivity index (χ0) is 23.4. The van der Waals surface area contributed by atoms with Crippen LogP contribution in [0.15, 0.2) is 42.5 Å². The minimum Gasteiger partial charge on any atom is -0.426 e. The van der Waals surface area contributed by atoms with Crippen molar-refractivity contribution in [3.8, 4) is 5.75 Å². The molecule has 0 aliphatic heterocycles. The number of halogens is 3. The van der Waals surface area contributed by atoms with Gasteiger partial charge in [-0.2, -0.15) is 8.78 Å². The fraction of sp³-hybridized carbons (Fsp3) is 0.500. The molecule has 0 saturated heterocycles. The van der Waals surface area contributed by atoms with Crippen molar-refractivity contribution in [2.75, 3.05) is 0 Å². The van der Waals surface area contributed by atoms with Gasteiger partial charge in [-0.25, -0.2) is 4.39 Å². The predicted molar refractivity (Wildman–Crippen MR) is 131 cm³/mol. The van der Waals surface area contributed by atoms with E-state index in [0.717, 1.165) is 53.8 Å². The zero-order valence-electron chi connectivity index (χ0n) is 19.5. The molecule has 1 fully saturated rings. The van der Waals surface area contributed by atoms with E-state index in [4.69, 9.17) is 4.74 Å². The number of rotatable bonds is 9. The highest BCUT2D eigenvalue weighted by molar-refractivity contribution is 7.19. The van der Waals surface area contributed by atoms with Crippen LogP contribution in [-0.4, -0.2) is 0 Å². The molecule has 5 heteroatoms. The van der Waals surface area contributed by atoms with Crippen LogP contribution in [0.3, 0.4) is 0 Å². The largest absolute Gasteiger partial charge is 0.426 e. The summed E-state index contributed by atoms with van der Waals surface area (Å²) < 4.78 is 50.2. The van der Waals surface area contributed by atoms with Crippen LogP contribution < -0.4 is 4.74 Å². The number of benzene rings is 2. The second-order valence-electron chi connectivity index (χ2n) is 9.36. The van der Waals surface area contributed by atoms with Crippen molar-refractivity contribution in [2.45, 2.75) is 83.7 Å². The van der Waals surface area contributed by atoms with Gasteiger partial charge in [-0.15, -0.1) is 11.3 Å². The van der Waals surface area contributed by atoms with Gasteiger partial charge >= 0.3 is 6.11 Å². The molecule has 1 nitrogen and oxygen atoms in total. The topological polar surface area (TPSA) is 9.23 Å². The van der Waals surface area contributed by atoms with E-state index in [1.807, 2.05) is 6.07 Å². The molecule has 0 bridgehead atoms. The lowest BCUT2D eigenvalue weighted by atomic mass is 9.77. The maximum absolute atomic E-state index is 15.0. The molecule has 0 radical (unpaired) electrons. The molecule has 33 heavy (non-hydrogen) atoms. The molecule has 1 saturated carbocycles. The van der Waals surface area contributed by atoms with Gasteiger partial charge in [-0.3, -0.25) is 0 Å². The fourth-order valence-electron chi connectivity index (χ4n) is 5.00. The standard InChI is InChI=1S/C28H33F3OS/c1-3-5-7-24-18-22-14-17-25(26(29)27(22)33-24)32-28(30,31)23-15-12-21(13-16-23)20-10-8-19(6-4-2)9-11-20/h12-20H,3-11H2,1-2H3. The Morgan fingerprint density at radius 1 is 0.970 bits per heavy atom. The smallest absolute Gasteiger partial charge is 0.426 e. The molecule has 1 aliphatic rings. The van der Waals surface area contributed by atoms with E-state index in [0.29, 0.717) is 10.6 Å². The summed E-state index contributed by atoms with van der Waals surface area (Å²) in [6.45, 7) is 4.33. The highest BCUT2D eigenvalue weighted by Crippen LogP contribution is 2.40. The zero-order valence-corrected chi connectivity index (χ0v) is 20.3. The normalized spacial score (nSPS) is 19.2. The van der Waals surface area contributed by atoms with E-state index in [-0.39, 0.29) is 5.56 Å². The maximum atomic E-state index is 15.0. The van der Waals surface area contributed by atoms with Gasteiger partial charge in [0, 0.05) is 4.88 Å². The van der Waals surface area contributed by atoms with Crippen LogP contribution in [0.5, 0.6) is 5.75 Å². The Bertz CT molecular complexity index is 1050.